The van der Waals surface area contributed by atoms with Crippen molar-refractivity contribution < 1.29 is 57.2 Å². The summed E-state index contributed by atoms with van der Waals surface area (Å²) < 4.78 is 31.3. The maximum atomic E-state index is 12.8. The van der Waals surface area contributed by atoms with Gasteiger partial charge in [-0.2, -0.15) is 0 Å². The normalized spacial score (nSPS) is 10.3. The summed E-state index contributed by atoms with van der Waals surface area (Å²) in [6, 6.07) is 34.2. The zero-order valence-electron chi connectivity index (χ0n) is 27.4. The second-order valence-corrected chi connectivity index (χ2v) is 10.7. The molecule has 262 valence electrons. The number of hydrogen-bond donors (Lipinski definition) is 0. The lowest BCUT2D eigenvalue weighted by atomic mass is 10.1. The quantitative estimate of drug-likeness (QED) is 0.0563. The molecule has 0 heterocycles. The summed E-state index contributed by atoms with van der Waals surface area (Å²) in [5.41, 5.74) is 0.257. The first kappa shape index (κ1) is 36.2. The Hall–Kier alpha value is -7.08. The van der Waals surface area contributed by atoms with Crippen LogP contribution in [0.15, 0.2) is 133 Å². The average molecular weight is 703 g/mol. The van der Waals surface area contributed by atoms with Gasteiger partial charge in [0.2, 0.25) is 0 Å². The molecule has 5 aromatic carbocycles. The third kappa shape index (κ3) is 10.2. The molecule has 0 aliphatic heterocycles. The Morgan fingerprint density at radius 2 is 0.635 bits per heavy atom. The fourth-order valence-corrected chi connectivity index (χ4v) is 4.55. The number of para-hydroxylation sites is 2. The second-order valence-electron chi connectivity index (χ2n) is 10.7. The molecule has 0 aromatic heterocycles. The fourth-order valence-electron chi connectivity index (χ4n) is 4.55. The molecule has 0 aliphatic carbocycles. The van der Waals surface area contributed by atoms with E-state index in [9.17, 15) is 28.8 Å². The van der Waals surface area contributed by atoms with Crippen molar-refractivity contribution in [3.8, 4) is 11.5 Å². The standard InChI is InChI=1S/C40H30O12/c41-35(27-11-9-13-29(25-27)37(43)51-31-15-3-1-4-16-31)47-21-23-49-39(45)33-19-7-8-20-34(33)40(46)50-24-22-48-36(42)28-12-10-14-30(26-28)38(44)52-32-17-5-2-6-18-32/h1-20,25-26H,21-24H2. The lowest BCUT2D eigenvalue weighted by molar-refractivity contribution is 0.0244. The average Bonchev–Trinajstić information content (AvgIpc) is 3.18. The van der Waals surface area contributed by atoms with Gasteiger partial charge in [-0.25, -0.2) is 28.8 Å². The van der Waals surface area contributed by atoms with Gasteiger partial charge in [-0.3, -0.25) is 0 Å². The number of benzene rings is 5. The van der Waals surface area contributed by atoms with E-state index in [1.807, 2.05) is 0 Å². The summed E-state index contributed by atoms with van der Waals surface area (Å²) in [5.74, 6) is -3.86. The monoisotopic (exact) mass is 702 g/mol. The highest BCUT2D eigenvalue weighted by Crippen LogP contribution is 2.16. The minimum Gasteiger partial charge on any atom is -0.458 e. The van der Waals surface area contributed by atoms with E-state index >= 15 is 0 Å². The van der Waals surface area contributed by atoms with Crippen LogP contribution in [0.5, 0.6) is 11.5 Å². The van der Waals surface area contributed by atoms with Crippen molar-refractivity contribution >= 4 is 35.8 Å². The third-order valence-electron chi connectivity index (χ3n) is 7.04. The van der Waals surface area contributed by atoms with Gasteiger partial charge in [-0.1, -0.05) is 60.7 Å². The van der Waals surface area contributed by atoms with Crippen LogP contribution in [0.2, 0.25) is 0 Å². The minimum absolute atomic E-state index is 0.0877. The summed E-state index contributed by atoms with van der Waals surface area (Å²) >= 11 is 0. The fraction of sp³-hybridized carbons (Fsp3) is 0.100. The Morgan fingerprint density at radius 3 is 1.00 bits per heavy atom. The predicted molar refractivity (Wildman–Crippen MR) is 183 cm³/mol. The van der Waals surface area contributed by atoms with Crippen LogP contribution < -0.4 is 9.47 Å². The maximum absolute atomic E-state index is 12.8. The van der Waals surface area contributed by atoms with Crippen LogP contribution in [0.4, 0.5) is 0 Å². The van der Waals surface area contributed by atoms with Crippen LogP contribution in [0.3, 0.4) is 0 Å². The van der Waals surface area contributed by atoms with Gasteiger partial charge >= 0.3 is 35.8 Å². The van der Waals surface area contributed by atoms with Crippen molar-refractivity contribution in [2.45, 2.75) is 0 Å². The molecule has 12 nitrogen and oxygen atoms in total. The highest BCUT2D eigenvalue weighted by atomic mass is 16.6. The zero-order valence-corrected chi connectivity index (χ0v) is 27.4. The van der Waals surface area contributed by atoms with Gasteiger partial charge in [-0.05, 0) is 72.8 Å². The lowest BCUT2D eigenvalue weighted by Gasteiger charge is -2.11. The van der Waals surface area contributed by atoms with Gasteiger partial charge in [0.1, 0.15) is 37.9 Å². The van der Waals surface area contributed by atoms with Gasteiger partial charge in [0.25, 0.3) is 0 Å². The molecule has 0 amide bonds. The number of carbonyl (C=O) groups excluding carboxylic acids is 6. The molecule has 0 saturated carbocycles. The summed E-state index contributed by atoms with van der Waals surface area (Å²) in [5, 5.41) is 0. The second kappa shape index (κ2) is 18.1. The van der Waals surface area contributed by atoms with Crippen molar-refractivity contribution in [2.24, 2.45) is 0 Å². The molecule has 12 heteroatoms. The molecule has 0 atom stereocenters. The van der Waals surface area contributed by atoms with Crippen molar-refractivity contribution in [3.63, 3.8) is 0 Å². The predicted octanol–water partition coefficient (Wildman–Crippen LogP) is 6.15. The molecule has 5 aromatic rings. The molecule has 0 bridgehead atoms. The SMILES string of the molecule is O=C(OCCOC(=O)c1ccccc1C(=O)OCCOC(=O)c1cccc(C(=O)Oc2ccccc2)c1)c1cccc(C(=O)Oc2ccccc2)c1. The van der Waals surface area contributed by atoms with Crippen LogP contribution in [0, 0.1) is 0 Å². The summed E-state index contributed by atoms with van der Waals surface area (Å²) in [7, 11) is 0. The van der Waals surface area contributed by atoms with Crippen molar-refractivity contribution in [2.75, 3.05) is 26.4 Å². The van der Waals surface area contributed by atoms with Gasteiger partial charge in [0.05, 0.1) is 33.4 Å². The molecule has 0 spiro atoms. The molecule has 0 aliphatic rings. The topological polar surface area (TPSA) is 158 Å². The Bertz CT molecular complexity index is 1910. The van der Waals surface area contributed by atoms with Crippen LogP contribution in [0.1, 0.15) is 62.1 Å². The van der Waals surface area contributed by atoms with E-state index in [2.05, 4.69) is 0 Å². The van der Waals surface area contributed by atoms with E-state index in [0.29, 0.717) is 11.5 Å². The molecule has 0 unspecified atom stereocenters. The van der Waals surface area contributed by atoms with Crippen molar-refractivity contribution in [1.29, 1.82) is 0 Å². The third-order valence-corrected chi connectivity index (χ3v) is 7.04. The van der Waals surface area contributed by atoms with E-state index in [-0.39, 0.29) is 59.8 Å². The Kier molecular flexibility index (Phi) is 12.6. The molecule has 0 saturated heterocycles. The first-order chi connectivity index (χ1) is 25.3. The van der Waals surface area contributed by atoms with Gasteiger partial charge < -0.3 is 28.4 Å². The zero-order chi connectivity index (χ0) is 36.7. The summed E-state index contributed by atoms with van der Waals surface area (Å²) in [6.45, 7) is -1.27. The smallest absolute Gasteiger partial charge is 0.343 e. The number of carbonyl (C=O) groups is 6. The van der Waals surface area contributed by atoms with Gasteiger partial charge in [0.15, 0.2) is 0 Å². The highest BCUT2D eigenvalue weighted by Gasteiger charge is 2.20. The number of hydrogen-bond acceptors (Lipinski definition) is 12. The first-order valence-electron chi connectivity index (χ1n) is 15.8. The van der Waals surface area contributed by atoms with Crippen LogP contribution in [0.25, 0.3) is 0 Å². The van der Waals surface area contributed by atoms with Crippen LogP contribution in [-0.4, -0.2) is 62.2 Å². The van der Waals surface area contributed by atoms with E-state index in [4.69, 9.17) is 28.4 Å². The molecule has 0 N–H and O–H groups in total. The summed E-state index contributed by atoms with van der Waals surface area (Å²) in [6.07, 6.45) is 0. The first-order valence-corrected chi connectivity index (χ1v) is 15.8. The van der Waals surface area contributed by atoms with Crippen LogP contribution in [-0.2, 0) is 18.9 Å². The van der Waals surface area contributed by atoms with Crippen LogP contribution >= 0.6 is 0 Å². The molecule has 52 heavy (non-hydrogen) atoms. The minimum atomic E-state index is -0.869. The molecular formula is C40H30O12. The van der Waals surface area contributed by atoms with Crippen molar-refractivity contribution in [1.82, 2.24) is 0 Å². The van der Waals surface area contributed by atoms with E-state index in [1.54, 1.807) is 60.7 Å². The lowest BCUT2D eigenvalue weighted by Crippen LogP contribution is -2.19. The van der Waals surface area contributed by atoms with Crippen molar-refractivity contribution in [3.05, 3.63) is 167 Å². The summed E-state index contributed by atoms with van der Waals surface area (Å²) in [4.78, 5) is 75.6. The largest absolute Gasteiger partial charge is 0.458 e. The number of esters is 6. The Morgan fingerprint density at radius 1 is 0.327 bits per heavy atom. The van der Waals surface area contributed by atoms with E-state index < -0.39 is 35.8 Å². The Balaban J connectivity index is 1.05. The van der Waals surface area contributed by atoms with E-state index in [1.165, 1.54) is 72.8 Å². The molecular weight excluding hydrogens is 672 g/mol. The maximum Gasteiger partial charge on any atom is 0.343 e. The highest BCUT2D eigenvalue weighted by molar-refractivity contribution is 6.03. The number of rotatable bonds is 14. The van der Waals surface area contributed by atoms with E-state index in [0.717, 1.165) is 0 Å². The van der Waals surface area contributed by atoms with Gasteiger partial charge in [0, 0.05) is 0 Å². The number of ether oxygens (including phenoxy) is 6. The van der Waals surface area contributed by atoms with Gasteiger partial charge in [-0.15, -0.1) is 0 Å². The molecule has 5 rings (SSSR count). The molecule has 0 fully saturated rings. The Labute approximate surface area is 297 Å². The molecule has 0 radical (unpaired) electrons.